The molecule has 0 spiro atoms. The zero-order valence-electron chi connectivity index (χ0n) is 39.7. The number of esters is 3. The Morgan fingerprint density at radius 3 is 0.845 bits per heavy atom. The third-order valence-corrected chi connectivity index (χ3v) is 11.7. The molecule has 6 heteroatoms. The second-order valence-electron chi connectivity index (χ2n) is 18.8. The van der Waals surface area contributed by atoms with Crippen LogP contribution in [0.3, 0.4) is 0 Å². The van der Waals surface area contributed by atoms with Crippen molar-refractivity contribution in [1.82, 2.24) is 0 Å². The summed E-state index contributed by atoms with van der Waals surface area (Å²) >= 11 is 0. The van der Waals surface area contributed by atoms with E-state index in [1.165, 1.54) is 173 Å². The summed E-state index contributed by atoms with van der Waals surface area (Å²) < 4.78 is 16.8. The van der Waals surface area contributed by atoms with Crippen molar-refractivity contribution in [3.05, 3.63) is 0 Å². The molecule has 0 amide bonds. The van der Waals surface area contributed by atoms with Gasteiger partial charge in [-0.15, -0.1) is 0 Å². The van der Waals surface area contributed by atoms with Crippen LogP contribution in [-0.2, 0) is 28.6 Å². The smallest absolute Gasteiger partial charge is 0.306 e. The molecule has 0 saturated carbocycles. The van der Waals surface area contributed by atoms with Gasteiger partial charge in [0.25, 0.3) is 0 Å². The van der Waals surface area contributed by atoms with E-state index in [1.807, 2.05) is 0 Å². The molecule has 0 aliphatic rings. The van der Waals surface area contributed by atoms with Crippen LogP contribution in [0, 0.1) is 11.8 Å². The number of unbranched alkanes of at least 4 members (excludes halogenated alkanes) is 31. The normalized spacial score (nSPS) is 12.1. The maximum Gasteiger partial charge on any atom is 0.306 e. The SMILES string of the molecule is CCCCCCCCCCCCCCCCCCCC(=O)OC[C@H](COC(=O)CCCCCCCCCCCC(C)C)OC(=O)CCCCCCCCCCC(C)C. The third-order valence-electron chi connectivity index (χ3n) is 11.7. The molecule has 0 saturated heterocycles. The molecule has 0 aromatic carbocycles. The van der Waals surface area contributed by atoms with Crippen LogP contribution in [0.15, 0.2) is 0 Å². The lowest BCUT2D eigenvalue weighted by molar-refractivity contribution is -0.167. The molecule has 6 nitrogen and oxygen atoms in total. The van der Waals surface area contributed by atoms with Gasteiger partial charge in [0.1, 0.15) is 13.2 Å². The number of hydrogen-bond donors (Lipinski definition) is 0. The highest BCUT2D eigenvalue weighted by atomic mass is 16.6. The zero-order valence-corrected chi connectivity index (χ0v) is 39.7. The fourth-order valence-corrected chi connectivity index (χ4v) is 7.81. The largest absolute Gasteiger partial charge is 0.462 e. The summed E-state index contributed by atoms with van der Waals surface area (Å²) in [5.74, 6) is 0.750. The first kappa shape index (κ1) is 56.4. The van der Waals surface area contributed by atoms with Gasteiger partial charge in [-0.25, -0.2) is 0 Å². The quantitative estimate of drug-likeness (QED) is 0.0346. The van der Waals surface area contributed by atoms with Gasteiger partial charge in [0, 0.05) is 19.3 Å². The summed E-state index contributed by atoms with van der Waals surface area (Å²) in [7, 11) is 0. The van der Waals surface area contributed by atoms with Crippen LogP contribution in [0.5, 0.6) is 0 Å². The van der Waals surface area contributed by atoms with Gasteiger partial charge in [0.05, 0.1) is 0 Å². The summed E-state index contributed by atoms with van der Waals surface area (Å²) in [6, 6.07) is 0. The van der Waals surface area contributed by atoms with Gasteiger partial charge in [0.15, 0.2) is 6.10 Å². The number of ether oxygens (including phenoxy) is 3. The summed E-state index contributed by atoms with van der Waals surface area (Å²) in [6.07, 6.45) is 45.3. The first-order valence-corrected chi connectivity index (χ1v) is 25.7. The molecule has 0 heterocycles. The average Bonchev–Trinajstić information content (AvgIpc) is 3.19. The minimum atomic E-state index is -0.762. The molecular formula is C52H100O6. The van der Waals surface area contributed by atoms with Crippen LogP contribution in [0.1, 0.15) is 285 Å². The number of carbonyl (C=O) groups excluding carboxylic acids is 3. The topological polar surface area (TPSA) is 78.9 Å². The zero-order chi connectivity index (χ0) is 42.6. The van der Waals surface area contributed by atoms with E-state index in [2.05, 4.69) is 34.6 Å². The number of hydrogen-bond acceptors (Lipinski definition) is 6. The van der Waals surface area contributed by atoms with Crippen molar-refractivity contribution in [2.45, 2.75) is 291 Å². The average molecular weight is 821 g/mol. The van der Waals surface area contributed by atoms with Gasteiger partial charge in [-0.1, -0.05) is 247 Å². The Morgan fingerprint density at radius 1 is 0.328 bits per heavy atom. The molecular weight excluding hydrogens is 721 g/mol. The van der Waals surface area contributed by atoms with E-state index < -0.39 is 6.10 Å². The molecule has 1 atom stereocenters. The van der Waals surface area contributed by atoms with E-state index in [0.717, 1.165) is 69.6 Å². The van der Waals surface area contributed by atoms with E-state index in [0.29, 0.717) is 19.3 Å². The Kier molecular flexibility index (Phi) is 43.7. The van der Waals surface area contributed by atoms with Crippen molar-refractivity contribution < 1.29 is 28.6 Å². The summed E-state index contributed by atoms with van der Waals surface area (Å²) in [4.78, 5) is 37.9. The lowest BCUT2D eigenvalue weighted by Gasteiger charge is -2.18. The Bertz CT molecular complexity index is 885. The molecule has 344 valence electrons. The standard InChI is InChI=1S/C52H100O6/c1-6-7-8-9-10-11-12-13-14-15-16-17-18-21-27-32-37-42-50(53)56-45-49(58-52(55)44-39-34-29-24-23-26-31-36-41-48(4)5)46-57-51(54)43-38-33-28-22-19-20-25-30-35-40-47(2)3/h47-49H,6-46H2,1-5H3/t49-/m1/s1. The Balaban J connectivity index is 4.27. The van der Waals surface area contributed by atoms with Crippen LogP contribution in [0.2, 0.25) is 0 Å². The van der Waals surface area contributed by atoms with Crippen molar-refractivity contribution in [3.63, 3.8) is 0 Å². The second kappa shape index (κ2) is 44.9. The van der Waals surface area contributed by atoms with Crippen molar-refractivity contribution >= 4 is 17.9 Å². The maximum absolute atomic E-state index is 12.7. The predicted molar refractivity (Wildman–Crippen MR) is 247 cm³/mol. The van der Waals surface area contributed by atoms with Crippen molar-refractivity contribution in [2.75, 3.05) is 13.2 Å². The maximum atomic E-state index is 12.7. The predicted octanol–water partition coefficient (Wildman–Crippen LogP) is 16.5. The fraction of sp³-hybridized carbons (Fsp3) is 0.942. The summed E-state index contributed by atoms with van der Waals surface area (Å²) in [6.45, 7) is 11.3. The molecule has 0 unspecified atom stereocenters. The van der Waals surface area contributed by atoms with Crippen LogP contribution in [-0.4, -0.2) is 37.2 Å². The summed E-state index contributed by atoms with van der Waals surface area (Å²) in [5.41, 5.74) is 0. The first-order chi connectivity index (χ1) is 28.2. The highest BCUT2D eigenvalue weighted by Gasteiger charge is 2.19. The molecule has 0 N–H and O–H groups in total. The monoisotopic (exact) mass is 821 g/mol. The van der Waals surface area contributed by atoms with Gasteiger partial charge in [-0.2, -0.15) is 0 Å². The minimum absolute atomic E-state index is 0.0644. The van der Waals surface area contributed by atoms with Crippen molar-refractivity contribution in [2.24, 2.45) is 11.8 Å². The Hall–Kier alpha value is -1.59. The highest BCUT2D eigenvalue weighted by Crippen LogP contribution is 2.17. The van der Waals surface area contributed by atoms with E-state index in [9.17, 15) is 14.4 Å². The fourth-order valence-electron chi connectivity index (χ4n) is 7.81. The van der Waals surface area contributed by atoms with Gasteiger partial charge >= 0.3 is 17.9 Å². The van der Waals surface area contributed by atoms with Crippen LogP contribution in [0.4, 0.5) is 0 Å². The minimum Gasteiger partial charge on any atom is -0.462 e. The van der Waals surface area contributed by atoms with Crippen molar-refractivity contribution in [3.8, 4) is 0 Å². The van der Waals surface area contributed by atoms with E-state index in [1.54, 1.807) is 0 Å². The second-order valence-corrected chi connectivity index (χ2v) is 18.8. The van der Waals surface area contributed by atoms with Gasteiger partial charge in [0.2, 0.25) is 0 Å². The number of rotatable bonds is 46. The Labute approximate surface area is 361 Å². The first-order valence-electron chi connectivity index (χ1n) is 25.7. The van der Waals surface area contributed by atoms with E-state index in [4.69, 9.17) is 14.2 Å². The van der Waals surface area contributed by atoms with Crippen LogP contribution >= 0.6 is 0 Å². The lowest BCUT2D eigenvalue weighted by Crippen LogP contribution is -2.30. The lowest BCUT2D eigenvalue weighted by atomic mass is 10.0. The summed E-state index contributed by atoms with van der Waals surface area (Å²) in [5, 5.41) is 0. The molecule has 0 fully saturated rings. The Morgan fingerprint density at radius 2 is 0.569 bits per heavy atom. The molecule has 0 aromatic heterocycles. The van der Waals surface area contributed by atoms with Gasteiger partial charge < -0.3 is 14.2 Å². The molecule has 0 aromatic rings. The van der Waals surface area contributed by atoms with Crippen molar-refractivity contribution in [1.29, 1.82) is 0 Å². The van der Waals surface area contributed by atoms with E-state index in [-0.39, 0.29) is 31.1 Å². The molecule has 58 heavy (non-hydrogen) atoms. The van der Waals surface area contributed by atoms with Gasteiger partial charge in [-0.05, 0) is 31.1 Å². The molecule has 0 rings (SSSR count). The third kappa shape index (κ3) is 45.5. The molecule has 0 bridgehead atoms. The molecule has 0 aliphatic heterocycles. The van der Waals surface area contributed by atoms with Crippen LogP contribution < -0.4 is 0 Å². The van der Waals surface area contributed by atoms with E-state index >= 15 is 0 Å². The van der Waals surface area contributed by atoms with Gasteiger partial charge in [-0.3, -0.25) is 14.4 Å². The molecule has 0 aliphatic carbocycles. The molecule has 0 radical (unpaired) electrons. The number of carbonyl (C=O) groups is 3. The highest BCUT2D eigenvalue weighted by molar-refractivity contribution is 5.71. The van der Waals surface area contributed by atoms with Crippen LogP contribution in [0.25, 0.3) is 0 Å².